The summed E-state index contributed by atoms with van der Waals surface area (Å²) in [6.45, 7) is 1.93. The van der Waals surface area contributed by atoms with E-state index in [0.29, 0.717) is 0 Å². The van der Waals surface area contributed by atoms with E-state index in [1.807, 2.05) is 38.2 Å². The fraction of sp³-hybridized carbons (Fsp3) is 0.333. The number of aromatic amines is 1. The average Bonchev–Trinajstić information content (AvgIpc) is 2.42. The molecule has 0 radical (unpaired) electrons. The molecule has 2 aromatic heterocycles. The summed E-state index contributed by atoms with van der Waals surface area (Å²) in [4.78, 5) is 13.6. The largest absolute Gasteiger partial charge is 0.376 e. The number of rotatable bonds is 1. The van der Waals surface area contributed by atoms with Gasteiger partial charge in [0, 0.05) is 14.1 Å². The summed E-state index contributed by atoms with van der Waals surface area (Å²) in [5, 5.41) is 0. The normalized spacial score (nSPS) is 10.7. The van der Waals surface area contributed by atoms with E-state index in [1.165, 1.54) is 0 Å². The first kappa shape index (κ1) is 8.04. The minimum atomic E-state index is 0.781. The number of imidazole rings is 1. The molecule has 1 N–H and O–H groups in total. The minimum absolute atomic E-state index is 0.781. The third kappa shape index (κ3) is 1.35. The molecule has 0 spiro atoms. The predicted octanol–water partition coefficient (Wildman–Crippen LogP) is 1.33. The minimum Gasteiger partial charge on any atom is -0.376 e. The molecule has 0 bridgehead atoms. The molecule has 0 aliphatic carbocycles. The highest BCUT2D eigenvalue weighted by atomic mass is 15.1. The number of H-pyrrole nitrogens is 1. The van der Waals surface area contributed by atoms with Crippen LogP contribution in [0.5, 0.6) is 0 Å². The Labute approximate surface area is 76.6 Å². The lowest BCUT2D eigenvalue weighted by Gasteiger charge is -2.10. The molecule has 0 saturated heterocycles. The smallest absolute Gasteiger partial charge is 0.177 e. The summed E-state index contributed by atoms with van der Waals surface area (Å²) in [6.07, 6.45) is 1.82. The molecule has 0 atom stereocenters. The summed E-state index contributed by atoms with van der Waals surface area (Å²) < 4.78 is 0. The second-order valence-corrected chi connectivity index (χ2v) is 3.28. The number of nitrogens with zero attached hydrogens (tertiary/aromatic N) is 3. The molecule has 0 aliphatic heterocycles. The molecule has 4 heteroatoms. The van der Waals surface area contributed by atoms with Crippen LogP contribution in [0.3, 0.4) is 0 Å². The zero-order valence-corrected chi connectivity index (χ0v) is 8.00. The maximum absolute atomic E-state index is 4.24. The van der Waals surface area contributed by atoms with Crippen molar-refractivity contribution in [1.29, 1.82) is 0 Å². The van der Waals surface area contributed by atoms with Crippen molar-refractivity contribution in [3.8, 4) is 0 Å². The van der Waals surface area contributed by atoms with Crippen LogP contribution in [0.25, 0.3) is 11.2 Å². The van der Waals surface area contributed by atoms with E-state index in [-0.39, 0.29) is 0 Å². The molecule has 0 fully saturated rings. The van der Waals surface area contributed by atoms with E-state index in [9.17, 15) is 0 Å². The van der Waals surface area contributed by atoms with Gasteiger partial charge in [0.15, 0.2) is 5.65 Å². The molecule has 2 aromatic rings. The SMILES string of the molecule is Cc1nc2ncc(N(C)C)cc2[nH]1. The van der Waals surface area contributed by atoms with Gasteiger partial charge in [0.2, 0.25) is 0 Å². The number of aryl methyl sites for hydroxylation is 1. The van der Waals surface area contributed by atoms with E-state index in [0.717, 1.165) is 22.7 Å². The molecule has 0 unspecified atom stereocenters. The van der Waals surface area contributed by atoms with Gasteiger partial charge in [0.1, 0.15) is 5.82 Å². The van der Waals surface area contributed by atoms with Crippen molar-refractivity contribution in [1.82, 2.24) is 15.0 Å². The van der Waals surface area contributed by atoms with Crippen molar-refractivity contribution in [2.24, 2.45) is 0 Å². The maximum atomic E-state index is 4.24. The van der Waals surface area contributed by atoms with E-state index in [4.69, 9.17) is 0 Å². The maximum Gasteiger partial charge on any atom is 0.177 e. The summed E-state index contributed by atoms with van der Waals surface area (Å²) in [7, 11) is 3.98. The highest BCUT2D eigenvalue weighted by Crippen LogP contribution is 2.15. The Morgan fingerprint density at radius 1 is 1.38 bits per heavy atom. The number of pyridine rings is 1. The van der Waals surface area contributed by atoms with Gasteiger partial charge in [-0.2, -0.15) is 0 Å². The molecule has 0 amide bonds. The number of aromatic nitrogens is 3. The molecule has 0 aromatic carbocycles. The van der Waals surface area contributed by atoms with Crippen LogP contribution in [0.15, 0.2) is 12.3 Å². The predicted molar refractivity (Wildman–Crippen MR) is 53.0 cm³/mol. The Morgan fingerprint density at radius 2 is 2.15 bits per heavy atom. The van der Waals surface area contributed by atoms with Crippen molar-refractivity contribution in [2.75, 3.05) is 19.0 Å². The van der Waals surface area contributed by atoms with Gasteiger partial charge in [-0.3, -0.25) is 0 Å². The topological polar surface area (TPSA) is 44.8 Å². The van der Waals surface area contributed by atoms with Crippen LogP contribution in [-0.2, 0) is 0 Å². The third-order valence-electron chi connectivity index (χ3n) is 1.96. The molecular weight excluding hydrogens is 164 g/mol. The van der Waals surface area contributed by atoms with Crippen LogP contribution in [-0.4, -0.2) is 29.0 Å². The van der Waals surface area contributed by atoms with Crippen molar-refractivity contribution >= 4 is 16.9 Å². The van der Waals surface area contributed by atoms with Gasteiger partial charge < -0.3 is 9.88 Å². The van der Waals surface area contributed by atoms with Crippen LogP contribution in [0, 0.1) is 6.92 Å². The van der Waals surface area contributed by atoms with Gasteiger partial charge in [-0.1, -0.05) is 0 Å². The van der Waals surface area contributed by atoms with E-state index < -0.39 is 0 Å². The molecular formula is C9H12N4. The van der Waals surface area contributed by atoms with Gasteiger partial charge in [-0.15, -0.1) is 0 Å². The molecule has 0 aliphatic rings. The van der Waals surface area contributed by atoms with Crippen LogP contribution >= 0.6 is 0 Å². The molecule has 0 saturated carbocycles. The first-order valence-corrected chi connectivity index (χ1v) is 4.16. The Bertz CT molecular complexity index is 430. The zero-order chi connectivity index (χ0) is 9.42. The zero-order valence-electron chi connectivity index (χ0n) is 8.00. The average molecular weight is 176 g/mol. The molecule has 2 rings (SSSR count). The lowest BCUT2D eigenvalue weighted by atomic mass is 10.4. The lowest BCUT2D eigenvalue weighted by molar-refractivity contribution is 1.12. The van der Waals surface area contributed by atoms with Crippen LogP contribution in [0.1, 0.15) is 5.82 Å². The van der Waals surface area contributed by atoms with E-state index in [2.05, 4.69) is 15.0 Å². The highest BCUT2D eigenvalue weighted by molar-refractivity contribution is 5.74. The van der Waals surface area contributed by atoms with Crippen molar-refractivity contribution in [2.45, 2.75) is 6.92 Å². The number of fused-ring (bicyclic) bond motifs is 1. The van der Waals surface area contributed by atoms with Crippen LogP contribution in [0.4, 0.5) is 5.69 Å². The molecule has 68 valence electrons. The summed E-state index contributed by atoms with van der Waals surface area (Å²) in [5.74, 6) is 0.901. The Balaban J connectivity index is 2.61. The second-order valence-electron chi connectivity index (χ2n) is 3.28. The number of anilines is 1. The Kier molecular flexibility index (Phi) is 1.69. The quantitative estimate of drug-likeness (QED) is 0.713. The number of hydrogen-bond donors (Lipinski definition) is 1. The first-order valence-electron chi connectivity index (χ1n) is 4.16. The van der Waals surface area contributed by atoms with E-state index >= 15 is 0 Å². The van der Waals surface area contributed by atoms with Gasteiger partial charge in [-0.25, -0.2) is 9.97 Å². The molecule has 2 heterocycles. The monoisotopic (exact) mass is 176 g/mol. The standard InChI is InChI=1S/C9H12N4/c1-6-11-8-4-7(13(2)3)5-10-9(8)12-6/h4-5H,1-3H3,(H,10,11,12). The van der Waals surface area contributed by atoms with E-state index in [1.54, 1.807) is 0 Å². The van der Waals surface area contributed by atoms with Crippen molar-refractivity contribution in [3.05, 3.63) is 18.1 Å². The van der Waals surface area contributed by atoms with Crippen LogP contribution < -0.4 is 4.90 Å². The Hall–Kier alpha value is -1.58. The van der Waals surface area contributed by atoms with Crippen LogP contribution in [0.2, 0.25) is 0 Å². The fourth-order valence-electron chi connectivity index (χ4n) is 1.25. The van der Waals surface area contributed by atoms with Crippen molar-refractivity contribution in [3.63, 3.8) is 0 Å². The van der Waals surface area contributed by atoms with Gasteiger partial charge in [0.25, 0.3) is 0 Å². The summed E-state index contributed by atoms with van der Waals surface area (Å²) in [5.41, 5.74) is 2.85. The highest BCUT2D eigenvalue weighted by Gasteiger charge is 2.02. The summed E-state index contributed by atoms with van der Waals surface area (Å²) >= 11 is 0. The third-order valence-corrected chi connectivity index (χ3v) is 1.96. The number of hydrogen-bond acceptors (Lipinski definition) is 3. The Morgan fingerprint density at radius 3 is 2.85 bits per heavy atom. The fourth-order valence-corrected chi connectivity index (χ4v) is 1.25. The van der Waals surface area contributed by atoms with Gasteiger partial charge >= 0.3 is 0 Å². The summed E-state index contributed by atoms with van der Waals surface area (Å²) in [6, 6.07) is 2.04. The molecule has 4 nitrogen and oxygen atoms in total. The van der Waals surface area contributed by atoms with Gasteiger partial charge in [0.05, 0.1) is 17.4 Å². The lowest BCUT2D eigenvalue weighted by Crippen LogP contribution is -2.08. The second kappa shape index (κ2) is 2.73. The first-order chi connectivity index (χ1) is 6.16. The number of nitrogens with one attached hydrogen (secondary N) is 1. The van der Waals surface area contributed by atoms with Crippen molar-refractivity contribution < 1.29 is 0 Å². The molecule has 13 heavy (non-hydrogen) atoms. The van der Waals surface area contributed by atoms with Gasteiger partial charge in [-0.05, 0) is 13.0 Å².